The molecular weight excluding hydrogens is 586 g/mol. The SMILES string of the molecule is COC(=S)NC[C@H]1CN(c2cc(F)c(N3CCNN(C(=O)NCc4ccnc(N5CCOCC5)c4)CC3)c(F)c2)C(=O)O1. The number of carbonyl (C=O) groups is 2. The van der Waals surface area contributed by atoms with E-state index in [4.69, 9.17) is 26.4 Å². The van der Waals surface area contributed by atoms with Gasteiger partial charge in [-0.3, -0.25) is 9.91 Å². The third-order valence-corrected chi connectivity index (χ3v) is 7.59. The highest BCUT2D eigenvalue weighted by atomic mass is 32.1. The number of cyclic esters (lactones) is 1. The molecule has 3 N–H and O–H groups in total. The minimum absolute atomic E-state index is 0.0439. The molecule has 0 spiro atoms. The van der Waals surface area contributed by atoms with Crippen molar-refractivity contribution >= 4 is 46.7 Å². The van der Waals surface area contributed by atoms with Crippen molar-refractivity contribution in [2.45, 2.75) is 12.6 Å². The Hall–Kier alpha value is -4.02. The van der Waals surface area contributed by atoms with Crippen molar-refractivity contribution in [2.75, 3.05) is 87.4 Å². The number of halogens is 2. The number of hydrogen-bond donors (Lipinski definition) is 3. The van der Waals surface area contributed by atoms with Crippen LogP contribution in [0.3, 0.4) is 0 Å². The van der Waals surface area contributed by atoms with Crippen LogP contribution in [0.15, 0.2) is 30.5 Å². The number of nitrogens with one attached hydrogen (secondary N) is 3. The van der Waals surface area contributed by atoms with E-state index in [1.54, 1.807) is 6.20 Å². The molecule has 1 aromatic carbocycles. The third kappa shape index (κ3) is 7.50. The van der Waals surface area contributed by atoms with E-state index in [-0.39, 0.29) is 61.8 Å². The molecular formula is C27H34F2N8O5S. The fraction of sp³-hybridized carbons (Fsp3) is 0.481. The van der Waals surface area contributed by atoms with Crippen LogP contribution in [0, 0.1) is 11.6 Å². The van der Waals surface area contributed by atoms with Gasteiger partial charge in [0.25, 0.3) is 5.17 Å². The summed E-state index contributed by atoms with van der Waals surface area (Å²) in [4.78, 5) is 34.6. The normalized spacial score (nSPS) is 19.1. The van der Waals surface area contributed by atoms with Gasteiger partial charge in [-0.2, -0.15) is 0 Å². The van der Waals surface area contributed by atoms with Crippen LogP contribution in [-0.4, -0.2) is 106 Å². The summed E-state index contributed by atoms with van der Waals surface area (Å²) in [6.07, 6.45) is 0.418. The summed E-state index contributed by atoms with van der Waals surface area (Å²) in [6, 6.07) is 5.64. The van der Waals surface area contributed by atoms with Crippen molar-refractivity contribution in [3.8, 4) is 0 Å². The molecule has 1 aromatic heterocycles. The molecule has 0 unspecified atom stereocenters. The van der Waals surface area contributed by atoms with Crippen molar-refractivity contribution in [1.29, 1.82) is 0 Å². The maximum absolute atomic E-state index is 15.3. The molecule has 232 valence electrons. The number of pyridine rings is 1. The summed E-state index contributed by atoms with van der Waals surface area (Å²) < 4.78 is 46.1. The first-order valence-electron chi connectivity index (χ1n) is 13.9. The number of rotatable bonds is 7. The third-order valence-electron chi connectivity index (χ3n) is 7.27. The Morgan fingerprint density at radius 1 is 1.12 bits per heavy atom. The number of thiocarbonyl (C=S) groups is 1. The van der Waals surface area contributed by atoms with Crippen molar-refractivity contribution in [3.63, 3.8) is 0 Å². The number of ether oxygens (including phenoxy) is 3. The summed E-state index contributed by atoms with van der Waals surface area (Å²) in [5, 5.41) is 7.23. The topological polar surface area (TPSA) is 124 Å². The lowest BCUT2D eigenvalue weighted by Gasteiger charge is -2.28. The Morgan fingerprint density at radius 2 is 1.88 bits per heavy atom. The average Bonchev–Trinajstić information content (AvgIpc) is 3.22. The van der Waals surface area contributed by atoms with Gasteiger partial charge in [0.2, 0.25) is 0 Å². The molecule has 5 rings (SSSR count). The monoisotopic (exact) mass is 620 g/mol. The van der Waals surface area contributed by atoms with Gasteiger partial charge in [-0.05, 0) is 29.9 Å². The minimum atomic E-state index is -0.823. The van der Waals surface area contributed by atoms with E-state index in [1.165, 1.54) is 21.9 Å². The van der Waals surface area contributed by atoms with Gasteiger partial charge in [-0.25, -0.2) is 28.8 Å². The maximum atomic E-state index is 15.3. The molecule has 16 heteroatoms. The number of methoxy groups -OCH3 is 1. The van der Waals surface area contributed by atoms with Crippen molar-refractivity contribution in [3.05, 3.63) is 47.7 Å². The van der Waals surface area contributed by atoms with Gasteiger partial charge in [-0.15, -0.1) is 0 Å². The number of aromatic nitrogens is 1. The molecule has 3 aliphatic heterocycles. The van der Waals surface area contributed by atoms with Crippen LogP contribution in [0.5, 0.6) is 0 Å². The Morgan fingerprint density at radius 3 is 2.63 bits per heavy atom. The highest BCUT2D eigenvalue weighted by molar-refractivity contribution is 7.80. The maximum Gasteiger partial charge on any atom is 0.414 e. The van der Waals surface area contributed by atoms with Gasteiger partial charge in [0.1, 0.15) is 17.6 Å². The lowest BCUT2D eigenvalue weighted by molar-refractivity contribution is 0.122. The first-order chi connectivity index (χ1) is 20.8. The fourth-order valence-corrected chi connectivity index (χ4v) is 5.14. The van der Waals surface area contributed by atoms with Gasteiger partial charge in [0, 0.05) is 57.6 Å². The first kappa shape index (κ1) is 30.4. The first-order valence-corrected chi connectivity index (χ1v) is 14.3. The van der Waals surface area contributed by atoms with Crippen LogP contribution in [0.25, 0.3) is 0 Å². The minimum Gasteiger partial charge on any atom is -0.474 e. The van der Waals surface area contributed by atoms with Crippen LogP contribution in [0.1, 0.15) is 5.56 Å². The zero-order chi connectivity index (χ0) is 30.3. The highest BCUT2D eigenvalue weighted by Crippen LogP contribution is 2.31. The van der Waals surface area contributed by atoms with Crippen LogP contribution in [-0.2, 0) is 20.8 Å². The second kappa shape index (κ2) is 14.0. The number of nitrogens with zero attached hydrogens (tertiary/aromatic N) is 5. The van der Waals surface area contributed by atoms with E-state index in [0.717, 1.165) is 36.6 Å². The van der Waals surface area contributed by atoms with Gasteiger partial charge >= 0.3 is 12.1 Å². The molecule has 3 saturated heterocycles. The zero-order valence-electron chi connectivity index (χ0n) is 23.7. The zero-order valence-corrected chi connectivity index (χ0v) is 24.5. The quantitative estimate of drug-likeness (QED) is 0.391. The Balaban J connectivity index is 1.16. The molecule has 2 aromatic rings. The number of hydrogen-bond acceptors (Lipinski definition) is 10. The van der Waals surface area contributed by atoms with Crippen LogP contribution in [0.2, 0.25) is 0 Å². The number of morpholine rings is 1. The van der Waals surface area contributed by atoms with Gasteiger partial charge in [0.05, 0.1) is 45.6 Å². The molecule has 0 bridgehead atoms. The lowest BCUT2D eigenvalue weighted by atomic mass is 10.2. The summed E-state index contributed by atoms with van der Waals surface area (Å²) in [5.41, 5.74) is 3.73. The summed E-state index contributed by atoms with van der Waals surface area (Å²) in [6.45, 7) is 4.28. The number of hydrazine groups is 1. The largest absolute Gasteiger partial charge is 0.474 e. The molecule has 43 heavy (non-hydrogen) atoms. The number of carbonyl (C=O) groups excluding carboxylic acids is 2. The number of amides is 3. The molecule has 0 saturated carbocycles. The lowest BCUT2D eigenvalue weighted by Crippen LogP contribution is -2.48. The molecule has 3 fully saturated rings. The van der Waals surface area contributed by atoms with E-state index in [0.29, 0.717) is 19.8 Å². The van der Waals surface area contributed by atoms with E-state index in [1.807, 2.05) is 12.1 Å². The smallest absolute Gasteiger partial charge is 0.414 e. The average molecular weight is 621 g/mol. The van der Waals surface area contributed by atoms with Crippen LogP contribution in [0.4, 0.5) is 35.6 Å². The summed E-state index contributed by atoms with van der Waals surface area (Å²) in [7, 11) is 1.41. The number of anilines is 3. The van der Waals surface area contributed by atoms with Gasteiger partial charge in [-0.1, -0.05) is 0 Å². The molecule has 0 radical (unpaired) electrons. The number of benzene rings is 1. The van der Waals surface area contributed by atoms with Crippen molar-refractivity contribution < 1.29 is 32.6 Å². The van der Waals surface area contributed by atoms with E-state index in [9.17, 15) is 9.59 Å². The highest BCUT2D eigenvalue weighted by Gasteiger charge is 2.34. The molecule has 4 heterocycles. The summed E-state index contributed by atoms with van der Waals surface area (Å²) in [5.74, 6) is -0.813. The van der Waals surface area contributed by atoms with E-state index in [2.05, 4.69) is 25.9 Å². The summed E-state index contributed by atoms with van der Waals surface area (Å²) >= 11 is 4.91. The molecule has 0 aliphatic carbocycles. The standard InChI is InChI=1S/C27H34F2N8O5S/c1-40-26(43)32-16-20-17-36(27(39)42-20)19-13-21(28)24(22(29)14-19)35-5-4-33-37(7-6-35)25(38)31-15-18-2-3-30-23(12-18)34-8-10-41-11-9-34/h2-3,12-14,20,33H,4-11,15-17H2,1H3,(H,31,38)(H,32,43)/t20-/m0/s1. The van der Waals surface area contributed by atoms with Crippen LogP contribution >= 0.6 is 12.2 Å². The molecule has 1 atom stereocenters. The Labute approximate surface area is 253 Å². The molecule has 3 aliphatic rings. The predicted molar refractivity (Wildman–Crippen MR) is 158 cm³/mol. The Kier molecular flexibility index (Phi) is 9.89. The molecule has 13 nitrogen and oxygen atoms in total. The molecule has 3 amide bonds. The van der Waals surface area contributed by atoms with Crippen molar-refractivity contribution in [2.24, 2.45) is 0 Å². The van der Waals surface area contributed by atoms with E-state index >= 15 is 8.78 Å². The second-order valence-electron chi connectivity index (χ2n) is 10.1. The fourth-order valence-electron chi connectivity index (χ4n) is 5.06. The van der Waals surface area contributed by atoms with E-state index < -0.39 is 23.8 Å². The van der Waals surface area contributed by atoms with Crippen molar-refractivity contribution in [1.82, 2.24) is 26.1 Å². The predicted octanol–water partition coefficient (Wildman–Crippen LogP) is 1.58. The second-order valence-corrected chi connectivity index (χ2v) is 10.4. The Bertz CT molecular complexity index is 1310. The van der Waals surface area contributed by atoms with Gasteiger partial charge < -0.3 is 34.6 Å². The van der Waals surface area contributed by atoms with Gasteiger partial charge in [0.15, 0.2) is 11.6 Å². The number of urea groups is 1. The van der Waals surface area contributed by atoms with Crippen LogP contribution < -0.4 is 30.8 Å².